The summed E-state index contributed by atoms with van der Waals surface area (Å²) in [5.74, 6) is 0.477. The number of aliphatic hydroxyl groups excluding tert-OH is 1. The van der Waals surface area contributed by atoms with E-state index < -0.39 is 29.3 Å². The van der Waals surface area contributed by atoms with Crippen LogP contribution in [0, 0.1) is 0 Å². The minimum absolute atomic E-state index is 0.0707. The molecule has 0 radical (unpaired) electrons. The van der Waals surface area contributed by atoms with Crippen molar-refractivity contribution in [3.63, 3.8) is 0 Å². The fourth-order valence-corrected chi connectivity index (χ4v) is 5.25. The highest BCUT2D eigenvalue weighted by Crippen LogP contribution is 2.43. The lowest BCUT2D eigenvalue weighted by Gasteiger charge is -2.27. The number of β-amino-alcohol motifs (C(OH)–C–C–N with tert-alkyl or cyclic N) is 1. The largest absolute Gasteiger partial charge is 0.416 e. The molecule has 0 spiro atoms. The number of hydrogen-bond acceptors (Lipinski definition) is 7. The van der Waals surface area contributed by atoms with Crippen molar-refractivity contribution in [3.8, 4) is 0 Å². The Hall–Kier alpha value is -4.19. The fraction of sp³-hybridized carbons (Fsp3) is 0.308. The van der Waals surface area contributed by atoms with Crippen molar-refractivity contribution in [2.24, 2.45) is 0 Å². The van der Waals surface area contributed by atoms with Crippen LogP contribution < -0.4 is 15.5 Å². The number of anilines is 4. The van der Waals surface area contributed by atoms with Gasteiger partial charge in [0.1, 0.15) is 0 Å². The average Bonchev–Trinajstić information content (AvgIpc) is 3.51. The molecule has 2 aliphatic rings. The summed E-state index contributed by atoms with van der Waals surface area (Å²) in [6.07, 6.45) is -2.17. The Morgan fingerprint density at radius 2 is 1.97 bits per heavy atom. The molecule has 38 heavy (non-hydrogen) atoms. The summed E-state index contributed by atoms with van der Waals surface area (Å²) < 4.78 is 42.8. The van der Waals surface area contributed by atoms with Gasteiger partial charge in [-0.25, -0.2) is 9.50 Å². The Balaban J connectivity index is 1.35. The summed E-state index contributed by atoms with van der Waals surface area (Å²) in [6.45, 7) is 3.81. The second kappa shape index (κ2) is 8.42. The normalized spacial score (nSPS) is 20.6. The van der Waals surface area contributed by atoms with Gasteiger partial charge < -0.3 is 20.6 Å². The zero-order valence-electron chi connectivity index (χ0n) is 20.5. The van der Waals surface area contributed by atoms with Crippen molar-refractivity contribution in [3.05, 3.63) is 71.5 Å². The Morgan fingerprint density at radius 3 is 2.76 bits per heavy atom. The van der Waals surface area contributed by atoms with Crippen LogP contribution in [0.2, 0.25) is 0 Å². The Labute approximate surface area is 215 Å². The number of alkyl halides is 3. The van der Waals surface area contributed by atoms with E-state index in [0.29, 0.717) is 22.8 Å². The van der Waals surface area contributed by atoms with Crippen LogP contribution in [-0.2, 0) is 16.4 Å². The first-order chi connectivity index (χ1) is 18.0. The van der Waals surface area contributed by atoms with Gasteiger partial charge in [-0.2, -0.15) is 18.2 Å². The molecular weight excluding hydrogens is 499 g/mol. The Bertz CT molecular complexity index is 1570. The third-order valence-corrected chi connectivity index (χ3v) is 7.18. The van der Waals surface area contributed by atoms with E-state index in [9.17, 15) is 23.1 Å². The van der Waals surface area contributed by atoms with Crippen molar-refractivity contribution in [2.45, 2.75) is 44.0 Å². The van der Waals surface area contributed by atoms with Crippen molar-refractivity contribution >= 4 is 34.7 Å². The van der Waals surface area contributed by atoms with Gasteiger partial charge in [-0.1, -0.05) is 24.3 Å². The van der Waals surface area contributed by atoms with Crippen LogP contribution in [-0.4, -0.2) is 43.2 Å². The standard InChI is InChI=1S/C26H24F3N7O2/c1-25(2)18-8-7-14(11-19(18)32-23(25)38)31-24-33-22-21(30-9-10-36(22)34-24)35-13-15(37)12-20(35)16-5-3-4-6-17(16)26(27,28)29/h3-11,15,20,37H,12-13H2,1-2H3,(H,31,34)(H,32,38)/t15-,20+/m0/s1. The van der Waals surface area contributed by atoms with Gasteiger partial charge in [0.2, 0.25) is 11.9 Å². The Kier molecular flexibility index (Phi) is 5.35. The molecule has 4 aromatic rings. The van der Waals surface area contributed by atoms with Crippen LogP contribution in [0.1, 0.15) is 43.0 Å². The van der Waals surface area contributed by atoms with Gasteiger partial charge in [0.05, 0.1) is 23.1 Å². The van der Waals surface area contributed by atoms with E-state index in [-0.39, 0.29) is 30.4 Å². The molecule has 2 atom stereocenters. The minimum Gasteiger partial charge on any atom is -0.391 e. The highest BCUT2D eigenvalue weighted by molar-refractivity contribution is 6.06. The van der Waals surface area contributed by atoms with Crippen LogP contribution >= 0.6 is 0 Å². The second-order valence-corrected chi connectivity index (χ2v) is 10.1. The predicted molar refractivity (Wildman–Crippen MR) is 134 cm³/mol. The molecule has 1 amide bonds. The number of nitrogens with zero attached hydrogens (tertiary/aromatic N) is 5. The number of halogens is 3. The van der Waals surface area contributed by atoms with E-state index in [1.807, 2.05) is 26.0 Å². The molecule has 2 aromatic carbocycles. The number of fused-ring (bicyclic) bond motifs is 2. The molecule has 12 heteroatoms. The van der Waals surface area contributed by atoms with E-state index in [2.05, 4.69) is 25.7 Å². The van der Waals surface area contributed by atoms with Gasteiger partial charge in [-0.15, -0.1) is 5.10 Å². The molecule has 2 aromatic heterocycles. The second-order valence-electron chi connectivity index (χ2n) is 10.1. The van der Waals surface area contributed by atoms with Crippen LogP contribution in [0.25, 0.3) is 5.65 Å². The smallest absolute Gasteiger partial charge is 0.391 e. The molecule has 2 aliphatic heterocycles. The maximum Gasteiger partial charge on any atom is 0.416 e. The number of benzene rings is 2. The maximum atomic E-state index is 13.8. The molecule has 1 saturated heterocycles. The van der Waals surface area contributed by atoms with Gasteiger partial charge in [-0.05, 0) is 49.6 Å². The quantitative estimate of drug-likeness (QED) is 0.363. The molecule has 0 aliphatic carbocycles. The van der Waals surface area contributed by atoms with Gasteiger partial charge in [0.25, 0.3) is 0 Å². The molecule has 196 valence electrons. The first-order valence-electron chi connectivity index (χ1n) is 12.1. The van der Waals surface area contributed by atoms with E-state index in [1.165, 1.54) is 22.8 Å². The predicted octanol–water partition coefficient (Wildman–Crippen LogP) is 4.43. The van der Waals surface area contributed by atoms with E-state index >= 15 is 0 Å². The summed E-state index contributed by atoms with van der Waals surface area (Å²) in [7, 11) is 0. The lowest BCUT2D eigenvalue weighted by atomic mass is 9.86. The third kappa shape index (κ3) is 3.92. The molecule has 0 bridgehead atoms. The van der Waals surface area contributed by atoms with Crippen molar-refractivity contribution in [2.75, 3.05) is 22.1 Å². The number of rotatable bonds is 4. The lowest BCUT2D eigenvalue weighted by Crippen LogP contribution is -2.27. The first kappa shape index (κ1) is 24.2. The molecule has 9 nitrogen and oxygen atoms in total. The zero-order chi connectivity index (χ0) is 26.8. The maximum absolute atomic E-state index is 13.8. The van der Waals surface area contributed by atoms with Crippen molar-refractivity contribution in [1.29, 1.82) is 0 Å². The van der Waals surface area contributed by atoms with Crippen LogP contribution in [0.15, 0.2) is 54.9 Å². The number of carbonyl (C=O) groups excluding carboxylic acids is 1. The van der Waals surface area contributed by atoms with Crippen molar-refractivity contribution < 1.29 is 23.1 Å². The Morgan fingerprint density at radius 1 is 1.18 bits per heavy atom. The fourth-order valence-electron chi connectivity index (χ4n) is 5.25. The van der Waals surface area contributed by atoms with Gasteiger partial charge >= 0.3 is 6.18 Å². The van der Waals surface area contributed by atoms with Crippen LogP contribution in [0.5, 0.6) is 0 Å². The highest BCUT2D eigenvalue weighted by atomic mass is 19.4. The SMILES string of the molecule is CC1(C)C(=O)Nc2cc(Nc3nc4c(N5C[C@@H](O)C[C@@H]5c5ccccc5C(F)(F)F)nccn4n3)ccc21. The molecule has 3 N–H and O–H groups in total. The molecule has 0 unspecified atom stereocenters. The molecule has 0 saturated carbocycles. The number of carbonyl (C=O) groups is 1. The first-order valence-corrected chi connectivity index (χ1v) is 12.1. The van der Waals surface area contributed by atoms with Gasteiger partial charge in [-0.3, -0.25) is 4.79 Å². The van der Waals surface area contributed by atoms with Crippen molar-refractivity contribution in [1.82, 2.24) is 19.6 Å². The summed E-state index contributed by atoms with van der Waals surface area (Å²) in [4.78, 5) is 22.9. The number of amides is 1. The number of aromatic nitrogens is 4. The summed E-state index contributed by atoms with van der Waals surface area (Å²) in [5, 5.41) is 20.9. The molecule has 6 rings (SSSR count). The molecular formula is C26H24F3N7O2. The van der Waals surface area contributed by atoms with E-state index in [4.69, 9.17) is 0 Å². The summed E-state index contributed by atoms with van der Waals surface area (Å²) in [6, 6.07) is 10.1. The zero-order valence-corrected chi connectivity index (χ0v) is 20.5. The number of hydrogen-bond donors (Lipinski definition) is 3. The summed E-state index contributed by atoms with van der Waals surface area (Å²) in [5.41, 5.74) is 1.27. The van der Waals surface area contributed by atoms with Crippen LogP contribution in [0.3, 0.4) is 0 Å². The lowest BCUT2D eigenvalue weighted by molar-refractivity contribution is -0.138. The number of aliphatic hydroxyl groups is 1. The van der Waals surface area contributed by atoms with E-state index in [0.717, 1.165) is 11.6 Å². The molecule has 4 heterocycles. The van der Waals surface area contributed by atoms with Crippen LogP contribution in [0.4, 0.5) is 36.3 Å². The average molecular weight is 524 g/mol. The topological polar surface area (TPSA) is 108 Å². The summed E-state index contributed by atoms with van der Waals surface area (Å²) >= 11 is 0. The number of nitrogens with one attached hydrogen (secondary N) is 2. The minimum atomic E-state index is -4.54. The molecule has 1 fully saturated rings. The highest BCUT2D eigenvalue weighted by Gasteiger charge is 2.41. The third-order valence-electron chi connectivity index (χ3n) is 7.18. The van der Waals surface area contributed by atoms with E-state index in [1.54, 1.807) is 23.2 Å². The van der Waals surface area contributed by atoms with Gasteiger partial charge in [0.15, 0.2) is 11.5 Å². The van der Waals surface area contributed by atoms with Gasteiger partial charge in [0, 0.05) is 30.3 Å². The monoisotopic (exact) mass is 523 g/mol.